The molecule has 0 spiro atoms. The van der Waals surface area contributed by atoms with Crippen molar-refractivity contribution in [2.24, 2.45) is 0 Å². The van der Waals surface area contributed by atoms with Crippen LogP contribution < -0.4 is 0 Å². The normalized spacial score (nSPS) is 10.3. The lowest BCUT2D eigenvalue weighted by Crippen LogP contribution is -1.95. The Morgan fingerprint density at radius 1 is 1.40 bits per heavy atom. The minimum Gasteiger partial charge on any atom is -0.481 e. The van der Waals surface area contributed by atoms with Crippen molar-refractivity contribution in [2.45, 2.75) is 25.7 Å². The second kappa shape index (κ2) is 5.85. The van der Waals surface area contributed by atoms with Gasteiger partial charge in [-0.05, 0) is 52.9 Å². The highest BCUT2D eigenvalue weighted by Crippen LogP contribution is 2.18. The zero-order valence-corrected chi connectivity index (χ0v) is 9.76. The Kier molecular flexibility index (Phi) is 4.75. The van der Waals surface area contributed by atoms with E-state index >= 15 is 0 Å². The highest BCUT2D eigenvalue weighted by atomic mass is 79.9. The number of carboxylic acids is 1. The van der Waals surface area contributed by atoms with Gasteiger partial charge in [0.25, 0.3) is 0 Å². The third-order valence-corrected chi connectivity index (χ3v) is 2.70. The molecule has 0 saturated heterocycles. The Labute approximate surface area is 96.2 Å². The van der Waals surface area contributed by atoms with Gasteiger partial charge in [-0.3, -0.25) is 4.79 Å². The van der Waals surface area contributed by atoms with Crippen LogP contribution in [0.1, 0.15) is 24.8 Å². The van der Waals surface area contributed by atoms with Crippen LogP contribution in [0.3, 0.4) is 0 Å². The van der Waals surface area contributed by atoms with Crippen molar-refractivity contribution in [1.82, 2.24) is 0 Å². The molecule has 0 aliphatic rings. The van der Waals surface area contributed by atoms with Crippen LogP contribution in [0.5, 0.6) is 0 Å². The van der Waals surface area contributed by atoms with Crippen molar-refractivity contribution < 1.29 is 14.3 Å². The van der Waals surface area contributed by atoms with Crippen LogP contribution in [0, 0.1) is 5.82 Å². The van der Waals surface area contributed by atoms with Crippen LogP contribution in [-0.4, -0.2) is 11.1 Å². The summed E-state index contributed by atoms with van der Waals surface area (Å²) in [7, 11) is 0. The molecule has 0 heterocycles. The molecule has 0 aromatic heterocycles. The molecular weight excluding hydrogens is 263 g/mol. The molecule has 0 unspecified atom stereocenters. The maximum atomic E-state index is 12.9. The molecule has 15 heavy (non-hydrogen) atoms. The number of benzene rings is 1. The topological polar surface area (TPSA) is 37.3 Å². The van der Waals surface area contributed by atoms with E-state index in [0.29, 0.717) is 10.9 Å². The van der Waals surface area contributed by atoms with Gasteiger partial charge in [0.05, 0.1) is 4.47 Å². The minimum absolute atomic E-state index is 0.197. The van der Waals surface area contributed by atoms with E-state index in [0.717, 1.165) is 18.4 Å². The number of carbonyl (C=O) groups is 1. The van der Waals surface area contributed by atoms with Crippen LogP contribution in [0.25, 0.3) is 0 Å². The van der Waals surface area contributed by atoms with Gasteiger partial charge in [0.15, 0.2) is 0 Å². The Hall–Kier alpha value is -0.900. The number of rotatable bonds is 5. The Bertz CT molecular complexity index is 352. The molecule has 0 aliphatic carbocycles. The molecule has 0 saturated carbocycles. The molecule has 0 fully saturated rings. The van der Waals surface area contributed by atoms with Gasteiger partial charge in [-0.25, -0.2) is 4.39 Å². The molecule has 1 aromatic carbocycles. The van der Waals surface area contributed by atoms with Crippen LogP contribution in [-0.2, 0) is 11.2 Å². The summed E-state index contributed by atoms with van der Waals surface area (Å²) in [5, 5.41) is 8.43. The quantitative estimate of drug-likeness (QED) is 0.836. The SMILES string of the molecule is O=C(O)CCCCc1ccc(F)c(Br)c1. The van der Waals surface area contributed by atoms with Crippen molar-refractivity contribution in [1.29, 1.82) is 0 Å². The molecular formula is C11H12BrFO2. The molecule has 1 N–H and O–H groups in total. The number of hydrogen-bond donors (Lipinski definition) is 1. The van der Waals surface area contributed by atoms with Gasteiger partial charge >= 0.3 is 5.97 Å². The first-order valence-corrected chi connectivity index (χ1v) is 5.54. The number of unbranched alkanes of at least 4 members (excludes halogenated alkanes) is 1. The fraction of sp³-hybridized carbons (Fsp3) is 0.364. The van der Waals surface area contributed by atoms with Crippen LogP contribution >= 0.6 is 15.9 Å². The van der Waals surface area contributed by atoms with E-state index in [1.807, 2.05) is 0 Å². The summed E-state index contributed by atoms with van der Waals surface area (Å²) in [4.78, 5) is 10.3. The van der Waals surface area contributed by atoms with Crippen LogP contribution in [0.2, 0.25) is 0 Å². The highest BCUT2D eigenvalue weighted by Gasteiger charge is 2.01. The lowest BCUT2D eigenvalue weighted by Gasteiger charge is -2.02. The Morgan fingerprint density at radius 2 is 2.13 bits per heavy atom. The third kappa shape index (κ3) is 4.42. The average molecular weight is 275 g/mol. The predicted octanol–water partition coefficient (Wildman–Crippen LogP) is 3.39. The number of carboxylic acid groups (broad SMARTS) is 1. The molecule has 0 atom stereocenters. The average Bonchev–Trinajstić information content (AvgIpc) is 2.18. The van der Waals surface area contributed by atoms with Gasteiger partial charge in [-0.2, -0.15) is 0 Å². The fourth-order valence-corrected chi connectivity index (χ4v) is 1.73. The first kappa shape index (κ1) is 12.2. The van der Waals surface area contributed by atoms with Crippen LogP contribution in [0.15, 0.2) is 22.7 Å². The van der Waals surface area contributed by atoms with Gasteiger partial charge in [-0.1, -0.05) is 6.07 Å². The number of aryl methyl sites for hydroxylation is 1. The first-order valence-electron chi connectivity index (χ1n) is 4.75. The van der Waals surface area contributed by atoms with Crippen LogP contribution in [0.4, 0.5) is 4.39 Å². The van der Waals surface area contributed by atoms with Gasteiger partial charge in [0.2, 0.25) is 0 Å². The van der Waals surface area contributed by atoms with Gasteiger partial charge < -0.3 is 5.11 Å². The van der Waals surface area contributed by atoms with E-state index in [-0.39, 0.29) is 12.2 Å². The number of hydrogen-bond acceptors (Lipinski definition) is 1. The lowest BCUT2D eigenvalue weighted by molar-refractivity contribution is -0.137. The summed E-state index contributed by atoms with van der Waals surface area (Å²) in [6, 6.07) is 4.87. The van der Waals surface area contributed by atoms with E-state index in [9.17, 15) is 9.18 Å². The Morgan fingerprint density at radius 3 is 2.73 bits per heavy atom. The summed E-state index contributed by atoms with van der Waals surface area (Å²) >= 11 is 3.11. The second-order valence-corrected chi connectivity index (χ2v) is 4.20. The van der Waals surface area contributed by atoms with Gasteiger partial charge in [0.1, 0.15) is 5.82 Å². The van der Waals surface area contributed by atoms with Crippen molar-refractivity contribution in [3.8, 4) is 0 Å². The van der Waals surface area contributed by atoms with Crippen molar-refractivity contribution in [2.75, 3.05) is 0 Å². The third-order valence-electron chi connectivity index (χ3n) is 2.09. The summed E-state index contributed by atoms with van der Waals surface area (Å²) in [5.41, 5.74) is 1.02. The zero-order chi connectivity index (χ0) is 11.3. The maximum Gasteiger partial charge on any atom is 0.303 e. The molecule has 0 bridgehead atoms. The smallest absolute Gasteiger partial charge is 0.303 e. The molecule has 0 aliphatic heterocycles. The molecule has 0 amide bonds. The number of aliphatic carboxylic acids is 1. The molecule has 4 heteroatoms. The zero-order valence-electron chi connectivity index (χ0n) is 8.17. The molecule has 2 nitrogen and oxygen atoms in total. The van der Waals surface area contributed by atoms with Crippen molar-refractivity contribution in [3.63, 3.8) is 0 Å². The maximum absolute atomic E-state index is 12.9. The van der Waals surface area contributed by atoms with Gasteiger partial charge in [-0.15, -0.1) is 0 Å². The van der Waals surface area contributed by atoms with Crippen molar-refractivity contribution in [3.05, 3.63) is 34.1 Å². The summed E-state index contributed by atoms with van der Waals surface area (Å²) in [6.45, 7) is 0. The first-order chi connectivity index (χ1) is 7.09. The molecule has 0 radical (unpaired) electrons. The lowest BCUT2D eigenvalue weighted by atomic mass is 10.1. The van der Waals surface area contributed by atoms with E-state index in [2.05, 4.69) is 15.9 Å². The molecule has 1 aromatic rings. The highest BCUT2D eigenvalue weighted by molar-refractivity contribution is 9.10. The summed E-state index contributed by atoms with van der Waals surface area (Å²) in [6.07, 6.45) is 2.45. The van der Waals surface area contributed by atoms with E-state index in [1.54, 1.807) is 12.1 Å². The van der Waals surface area contributed by atoms with Gasteiger partial charge in [0, 0.05) is 6.42 Å². The fourth-order valence-electron chi connectivity index (χ4n) is 1.30. The predicted molar refractivity (Wildman–Crippen MR) is 59.3 cm³/mol. The van der Waals surface area contributed by atoms with E-state index in [4.69, 9.17) is 5.11 Å². The Balaban J connectivity index is 2.38. The largest absolute Gasteiger partial charge is 0.481 e. The van der Waals surface area contributed by atoms with E-state index < -0.39 is 5.97 Å². The van der Waals surface area contributed by atoms with Crippen molar-refractivity contribution >= 4 is 21.9 Å². The van der Waals surface area contributed by atoms with E-state index in [1.165, 1.54) is 6.07 Å². The standard InChI is InChI=1S/C11H12BrFO2/c12-9-7-8(5-6-10(9)13)3-1-2-4-11(14)15/h5-7H,1-4H2,(H,14,15). The monoisotopic (exact) mass is 274 g/mol. The number of halogens is 2. The molecule has 82 valence electrons. The molecule has 1 rings (SSSR count). The second-order valence-electron chi connectivity index (χ2n) is 3.35. The summed E-state index contributed by atoms with van der Waals surface area (Å²) < 4.78 is 13.3. The summed E-state index contributed by atoms with van der Waals surface area (Å²) in [5.74, 6) is -1.04. The minimum atomic E-state index is -0.768.